The van der Waals surface area contributed by atoms with Crippen molar-refractivity contribution in [2.45, 2.75) is 31.8 Å². The highest BCUT2D eigenvalue weighted by Crippen LogP contribution is 2.29. The molecule has 3 saturated heterocycles. The van der Waals surface area contributed by atoms with Crippen molar-refractivity contribution in [2.24, 2.45) is 5.92 Å². The summed E-state index contributed by atoms with van der Waals surface area (Å²) in [5, 5.41) is 0. The molecule has 0 N–H and O–H groups in total. The number of fused-ring (bicyclic) bond motifs is 4. The molecule has 3 fully saturated rings. The number of carbonyl (C=O) groups is 1. The molecule has 5 nitrogen and oxygen atoms in total. The summed E-state index contributed by atoms with van der Waals surface area (Å²) >= 11 is 0. The zero-order chi connectivity index (χ0) is 17.1. The molecule has 3 aliphatic heterocycles. The maximum atomic E-state index is 12.8. The highest BCUT2D eigenvalue weighted by Gasteiger charge is 2.36. The van der Waals surface area contributed by atoms with E-state index in [-0.39, 0.29) is 5.91 Å². The number of piperidine rings is 1. The molecule has 0 aliphatic carbocycles. The number of pyridine rings is 2. The van der Waals surface area contributed by atoms with Gasteiger partial charge in [-0.2, -0.15) is 0 Å². The van der Waals surface area contributed by atoms with E-state index in [1.54, 1.807) is 12.4 Å². The van der Waals surface area contributed by atoms with Gasteiger partial charge in [0.2, 0.25) is 5.91 Å². The summed E-state index contributed by atoms with van der Waals surface area (Å²) < 4.78 is 0. The quantitative estimate of drug-likeness (QED) is 0.858. The van der Waals surface area contributed by atoms with E-state index >= 15 is 0 Å². The van der Waals surface area contributed by atoms with Crippen molar-refractivity contribution in [3.8, 4) is 0 Å². The van der Waals surface area contributed by atoms with Crippen LogP contribution in [-0.2, 0) is 17.8 Å². The number of hydrogen-bond acceptors (Lipinski definition) is 4. The van der Waals surface area contributed by atoms with E-state index in [1.165, 1.54) is 12.8 Å². The third-order valence-electron chi connectivity index (χ3n) is 5.35. The maximum Gasteiger partial charge on any atom is 0.227 e. The van der Waals surface area contributed by atoms with Crippen molar-refractivity contribution < 1.29 is 4.79 Å². The van der Waals surface area contributed by atoms with Crippen LogP contribution in [0.1, 0.15) is 24.1 Å². The minimum Gasteiger partial charge on any atom is -0.341 e. The first-order valence-electron chi connectivity index (χ1n) is 9.08. The minimum atomic E-state index is 0.226. The Morgan fingerprint density at radius 2 is 2.04 bits per heavy atom. The Morgan fingerprint density at radius 3 is 2.84 bits per heavy atom. The largest absolute Gasteiger partial charge is 0.341 e. The van der Waals surface area contributed by atoms with Crippen LogP contribution in [0, 0.1) is 5.92 Å². The molecular formula is C20H24N4O. The molecule has 2 aromatic rings. The molecule has 5 heterocycles. The van der Waals surface area contributed by atoms with Gasteiger partial charge >= 0.3 is 0 Å². The monoisotopic (exact) mass is 336 g/mol. The van der Waals surface area contributed by atoms with E-state index in [0.717, 1.165) is 37.4 Å². The Bertz CT molecular complexity index is 706. The molecule has 5 rings (SSSR count). The molecule has 0 spiro atoms. The fourth-order valence-corrected chi connectivity index (χ4v) is 4.07. The molecule has 25 heavy (non-hydrogen) atoms. The van der Waals surface area contributed by atoms with E-state index in [4.69, 9.17) is 0 Å². The van der Waals surface area contributed by atoms with E-state index in [2.05, 4.69) is 25.8 Å². The third kappa shape index (κ3) is 3.87. The number of rotatable bonds is 4. The summed E-state index contributed by atoms with van der Waals surface area (Å²) in [6.45, 7) is 3.67. The topological polar surface area (TPSA) is 49.3 Å². The van der Waals surface area contributed by atoms with Gasteiger partial charge in [0, 0.05) is 50.8 Å². The number of aromatic nitrogens is 2. The first-order chi connectivity index (χ1) is 12.3. The Morgan fingerprint density at radius 1 is 1.08 bits per heavy atom. The summed E-state index contributed by atoms with van der Waals surface area (Å²) in [6, 6.07) is 10.4. The Kier molecular flexibility index (Phi) is 4.74. The van der Waals surface area contributed by atoms with Crippen molar-refractivity contribution >= 4 is 5.91 Å². The SMILES string of the molecule is O=C(Cc1cccnc1)N1C[C@H]2CC[C@@H](C1)N(Cc1ccccn1)C2. The molecule has 0 radical (unpaired) electrons. The summed E-state index contributed by atoms with van der Waals surface area (Å²) in [5.41, 5.74) is 2.11. The predicted molar refractivity (Wildman–Crippen MR) is 95.7 cm³/mol. The smallest absolute Gasteiger partial charge is 0.227 e. The van der Waals surface area contributed by atoms with Crippen molar-refractivity contribution in [3.05, 3.63) is 60.2 Å². The molecule has 0 unspecified atom stereocenters. The van der Waals surface area contributed by atoms with Gasteiger partial charge in [-0.1, -0.05) is 12.1 Å². The lowest BCUT2D eigenvalue weighted by Crippen LogP contribution is -2.44. The maximum absolute atomic E-state index is 12.8. The molecule has 5 heteroatoms. The zero-order valence-electron chi connectivity index (χ0n) is 14.4. The van der Waals surface area contributed by atoms with Gasteiger partial charge in [0.15, 0.2) is 0 Å². The lowest BCUT2D eigenvalue weighted by Gasteiger charge is -2.35. The van der Waals surface area contributed by atoms with Crippen LogP contribution >= 0.6 is 0 Å². The van der Waals surface area contributed by atoms with Crippen LogP contribution in [-0.4, -0.2) is 51.4 Å². The average molecular weight is 336 g/mol. The van der Waals surface area contributed by atoms with Gasteiger partial charge in [-0.05, 0) is 42.5 Å². The Balaban J connectivity index is 1.43. The van der Waals surface area contributed by atoms with E-state index in [9.17, 15) is 4.79 Å². The second-order valence-corrected chi connectivity index (χ2v) is 7.18. The van der Waals surface area contributed by atoms with Crippen molar-refractivity contribution in [2.75, 3.05) is 19.6 Å². The molecule has 1 amide bonds. The standard InChI is InChI=1S/C20H24N4O/c25-20(10-16-4-3-8-21-11-16)24-13-17-6-7-19(15-24)23(12-17)14-18-5-1-2-9-22-18/h1-5,8-9,11,17,19H,6-7,10,12-15H2/t17-,19-/m0/s1. The van der Waals surface area contributed by atoms with Crippen LogP contribution in [0.5, 0.6) is 0 Å². The van der Waals surface area contributed by atoms with Crippen LogP contribution in [0.2, 0.25) is 0 Å². The highest BCUT2D eigenvalue weighted by molar-refractivity contribution is 5.78. The summed E-state index contributed by atoms with van der Waals surface area (Å²) in [7, 11) is 0. The molecule has 0 saturated carbocycles. The molecule has 3 aliphatic rings. The lowest BCUT2D eigenvalue weighted by molar-refractivity contribution is -0.130. The van der Waals surface area contributed by atoms with Crippen LogP contribution in [0.4, 0.5) is 0 Å². The van der Waals surface area contributed by atoms with Crippen LogP contribution in [0.15, 0.2) is 48.9 Å². The second-order valence-electron chi connectivity index (χ2n) is 7.18. The number of nitrogens with zero attached hydrogens (tertiary/aromatic N) is 4. The Hall–Kier alpha value is -2.27. The van der Waals surface area contributed by atoms with Crippen LogP contribution < -0.4 is 0 Å². The van der Waals surface area contributed by atoms with Gasteiger partial charge in [-0.25, -0.2) is 0 Å². The van der Waals surface area contributed by atoms with Gasteiger partial charge in [0.25, 0.3) is 0 Å². The van der Waals surface area contributed by atoms with Crippen molar-refractivity contribution in [1.29, 1.82) is 0 Å². The van der Waals surface area contributed by atoms with E-state index in [0.29, 0.717) is 18.4 Å². The molecule has 2 atom stereocenters. The fourth-order valence-electron chi connectivity index (χ4n) is 4.07. The molecule has 2 bridgehead atoms. The Labute approximate surface area is 148 Å². The third-order valence-corrected chi connectivity index (χ3v) is 5.35. The zero-order valence-corrected chi connectivity index (χ0v) is 14.4. The van der Waals surface area contributed by atoms with Gasteiger partial charge in [-0.15, -0.1) is 0 Å². The normalized spacial score (nSPS) is 23.4. The van der Waals surface area contributed by atoms with E-state index in [1.807, 2.05) is 30.5 Å². The highest BCUT2D eigenvalue weighted by atomic mass is 16.2. The number of amides is 1. The van der Waals surface area contributed by atoms with Gasteiger partial charge in [0.1, 0.15) is 0 Å². The van der Waals surface area contributed by atoms with Gasteiger partial charge in [0.05, 0.1) is 12.1 Å². The van der Waals surface area contributed by atoms with Crippen molar-refractivity contribution in [3.63, 3.8) is 0 Å². The first-order valence-corrected chi connectivity index (χ1v) is 9.08. The summed E-state index contributed by atoms with van der Waals surface area (Å²) in [4.78, 5) is 26.0. The lowest BCUT2D eigenvalue weighted by atomic mass is 9.95. The van der Waals surface area contributed by atoms with E-state index < -0.39 is 0 Å². The predicted octanol–water partition coefficient (Wildman–Crippen LogP) is 2.14. The summed E-state index contributed by atoms with van der Waals surface area (Å²) in [6.07, 6.45) is 8.24. The number of carbonyl (C=O) groups excluding carboxylic acids is 1. The minimum absolute atomic E-state index is 0.226. The van der Waals surface area contributed by atoms with Crippen LogP contribution in [0.25, 0.3) is 0 Å². The molecule has 2 aromatic heterocycles. The van der Waals surface area contributed by atoms with Crippen molar-refractivity contribution in [1.82, 2.24) is 19.8 Å². The molecular weight excluding hydrogens is 312 g/mol. The fraction of sp³-hybridized carbons (Fsp3) is 0.450. The molecule has 0 aromatic carbocycles. The molecule has 130 valence electrons. The second kappa shape index (κ2) is 7.31. The number of hydrogen-bond donors (Lipinski definition) is 0. The van der Waals surface area contributed by atoms with Crippen LogP contribution in [0.3, 0.4) is 0 Å². The average Bonchev–Trinajstić information content (AvgIpc) is 2.95. The summed E-state index contributed by atoms with van der Waals surface area (Å²) in [5.74, 6) is 0.796. The van der Waals surface area contributed by atoms with Gasteiger partial charge in [-0.3, -0.25) is 19.7 Å². The first kappa shape index (κ1) is 16.2. The van der Waals surface area contributed by atoms with Gasteiger partial charge < -0.3 is 4.90 Å².